The number of carbonyl (C=O) groups is 1. The Hall–Kier alpha value is -0.770. The molecule has 0 radical (unpaired) electrons. The van der Waals surface area contributed by atoms with Crippen molar-refractivity contribution in [3.63, 3.8) is 0 Å². The Morgan fingerprint density at radius 2 is 2.05 bits per heavy atom. The summed E-state index contributed by atoms with van der Waals surface area (Å²) >= 11 is 0. The fraction of sp³-hybridized carbons (Fsp3) is 0.933. The third-order valence-electron chi connectivity index (χ3n) is 3.56. The number of amides is 1. The smallest absolute Gasteiger partial charge is 0.410 e. The highest BCUT2D eigenvalue weighted by Gasteiger charge is 2.38. The first kappa shape index (κ1) is 16.3. The van der Waals surface area contributed by atoms with Crippen LogP contribution >= 0.6 is 0 Å². The van der Waals surface area contributed by atoms with Crippen molar-refractivity contribution in [3.05, 3.63) is 0 Å². The lowest BCUT2D eigenvalue weighted by Gasteiger charge is -2.31. The minimum Gasteiger partial charge on any atom is -0.444 e. The lowest BCUT2D eigenvalue weighted by atomic mass is 9.90. The predicted molar refractivity (Wildman–Crippen MR) is 78.0 cm³/mol. The lowest BCUT2D eigenvalue weighted by Crippen LogP contribution is -2.42. The highest BCUT2D eigenvalue weighted by atomic mass is 16.6. The molecule has 1 saturated heterocycles. The molecule has 1 aliphatic rings. The summed E-state index contributed by atoms with van der Waals surface area (Å²) in [4.78, 5) is 14.2. The van der Waals surface area contributed by atoms with E-state index in [1.807, 2.05) is 25.7 Å². The molecule has 0 aliphatic carbocycles. The minimum absolute atomic E-state index is 0.169. The van der Waals surface area contributed by atoms with Crippen molar-refractivity contribution in [2.45, 2.75) is 65.5 Å². The van der Waals surface area contributed by atoms with Gasteiger partial charge in [0.15, 0.2) is 0 Å². The van der Waals surface area contributed by atoms with Gasteiger partial charge in [-0.15, -0.1) is 0 Å². The van der Waals surface area contributed by atoms with E-state index in [0.717, 1.165) is 25.8 Å². The molecular formula is C15H30N2O2. The molecule has 4 nitrogen and oxygen atoms in total. The van der Waals surface area contributed by atoms with Crippen LogP contribution in [0.15, 0.2) is 0 Å². The fourth-order valence-electron chi connectivity index (χ4n) is 2.82. The van der Waals surface area contributed by atoms with Gasteiger partial charge in [-0.1, -0.05) is 13.8 Å². The third-order valence-corrected chi connectivity index (χ3v) is 3.56. The van der Waals surface area contributed by atoms with E-state index in [0.29, 0.717) is 24.4 Å². The summed E-state index contributed by atoms with van der Waals surface area (Å²) in [6, 6.07) is 0.290. The summed E-state index contributed by atoms with van der Waals surface area (Å²) in [6.45, 7) is 11.6. The molecule has 0 bridgehead atoms. The van der Waals surface area contributed by atoms with Gasteiger partial charge in [-0.05, 0) is 58.4 Å². The first-order valence-electron chi connectivity index (χ1n) is 7.44. The number of nitrogens with zero attached hydrogens (tertiary/aromatic N) is 1. The summed E-state index contributed by atoms with van der Waals surface area (Å²) in [5.74, 6) is 1.10. The van der Waals surface area contributed by atoms with Gasteiger partial charge in [0.1, 0.15) is 5.60 Å². The molecule has 4 heteroatoms. The monoisotopic (exact) mass is 270 g/mol. The molecule has 2 N–H and O–H groups in total. The maximum absolute atomic E-state index is 12.3. The van der Waals surface area contributed by atoms with Gasteiger partial charge in [0.05, 0.1) is 0 Å². The zero-order valence-corrected chi connectivity index (χ0v) is 13.1. The van der Waals surface area contributed by atoms with Crippen LogP contribution in [0.4, 0.5) is 4.79 Å². The van der Waals surface area contributed by atoms with E-state index >= 15 is 0 Å². The van der Waals surface area contributed by atoms with Crippen LogP contribution in [-0.4, -0.2) is 35.7 Å². The number of hydrogen-bond donors (Lipinski definition) is 1. The van der Waals surface area contributed by atoms with Crippen molar-refractivity contribution < 1.29 is 9.53 Å². The molecule has 0 aromatic rings. The molecule has 2 unspecified atom stereocenters. The van der Waals surface area contributed by atoms with Crippen LogP contribution in [-0.2, 0) is 4.74 Å². The van der Waals surface area contributed by atoms with E-state index in [4.69, 9.17) is 10.5 Å². The number of ether oxygens (including phenoxy) is 1. The van der Waals surface area contributed by atoms with Crippen molar-refractivity contribution in [2.24, 2.45) is 17.6 Å². The minimum atomic E-state index is -0.425. The molecule has 1 amide bonds. The molecule has 112 valence electrons. The van der Waals surface area contributed by atoms with Gasteiger partial charge in [-0.3, -0.25) is 0 Å². The van der Waals surface area contributed by atoms with Gasteiger partial charge in [0.2, 0.25) is 0 Å². The molecule has 1 fully saturated rings. The van der Waals surface area contributed by atoms with E-state index < -0.39 is 5.60 Å². The number of rotatable bonds is 4. The van der Waals surface area contributed by atoms with Crippen LogP contribution < -0.4 is 5.73 Å². The first-order chi connectivity index (χ1) is 8.74. The van der Waals surface area contributed by atoms with E-state index in [1.165, 1.54) is 0 Å². The highest BCUT2D eigenvalue weighted by Crippen LogP contribution is 2.32. The molecule has 1 rings (SSSR count). The molecule has 0 aromatic carbocycles. The molecule has 0 spiro atoms. The number of nitrogens with two attached hydrogens (primary N) is 1. The summed E-state index contributed by atoms with van der Waals surface area (Å²) in [5.41, 5.74) is 5.26. The average molecular weight is 270 g/mol. The standard InChI is InChI=1S/C15H30N2O2/c1-11(2)10-13-12(6-8-16)7-9-17(13)14(18)19-15(3,4)5/h11-13H,6-10,16H2,1-5H3. The van der Waals surface area contributed by atoms with Crippen LogP contribution in [0.5, 0.6) is 0 Å². The maximum atomic E-state index is 12.3. The summed E-state index contributed by atoms with van der Waals surface area (Å²) in [7, 11) is 0. The Labute approximate surface area is 117 Å². The van der Waals surface area contributed by atoms with E-state index in [2.05, 4.69) is 13.8 Å². The summed E-state index contributed by atoms with van der Waals surface area (Å²) in [5, 5.41) is 0. The Morgan fingerprint density at radius 3 is 2.53 bits per heavy atom. The van der Waals surface area contributed by atoms with Gasteiger partial charge >= 0.3 is 6.09 Å². The van der Waals surface area contributed by atoms with Gasteiger partial charge in [-0.25, -0.2) is 4.79 Å². The normalized spacial score (nSPS) is 24.1. The van der Waals surface area contributed by atoms with Gasteiger partial charge in [0.25, 0.3) is 0 Å². The van der Waals surface area contributed by atoms with Crippen LogP contribution in [0.25, 0.3) is 0 Å². The van der Waals surface area contributed by atoms with E-state index in [-0.39, 0.29) is 6.09 Å². The Morgan fingerprint density at radius 1 is 1.42 bits per heavy atom. The zero-order chi connectivity index (χ0) is 14.6. The van der Waals surface area contributed by atoms with Crippen molar-refractivity contribution in [2.75, 3.05) is 13.1 Å². The molecule has 0 saturated carbocycles. The second-order valence-electron chi connectivity index (χ2n) is 7.00. The van der Waals surface area contributed by atoms with Gasteiger partial charge < -0.3 is 15.4 Å². The average Bonchev–Trinajstić information content (AvgIpc) is 2.59. The zero-order valence-electron chi connectivity index (χ0n) is 13.1. The third kappa shape index (κ3) is 5.01. The van der Waals surface area contributed by atoms with Gasteiger partial charge in [-0.2, -0.15) is 0 Å². The first-order valence-corrected chi connectivity index (χ1v) is 7.44. The van der Waals surface area contributed by atoms with Crippen LogP contribution in [0.3, 0.4) is 0 Å². The Balaban J connectivity index is 2.72. The van der Waals surface area contributed by atoms with Crippen molar-refractivity contribution >= 4 is 6.09 Å². The summed E-state index contributed by atoms with van der Waals surface area (Å²) in [6.07, 6.45) is 2.91. The van der Waals surface area contributed by atoms with E-state index in [1.54, 1.807) is 0 Å². The highest BCUT2D eigenvalue weighted by molar-refractivity contribution is 5.69. The Bertz CT molecular complexity index is 297. The second kappa shape index (κ2) is 6.60. The summed E-state index contributed by atoms with van der Waals surface area (Å²) < 4.78 is 5.52. The van der Waals surface area contributed by atoms with Crippen molar-refractivity contribution in [3.8, 4) is 0 Å². The second-order valence-corrected chi connectivity index (χ2v) is 7.00. The number of carbonyl (C=O) groups excluding carboxylic acids is 1. The van der Waals surface area contributed by atoms with Crippen LogP contribution in [0.1, 0.15) is 53.9 Å². The van der Waals surface area contributed by atoms with E-state index in [9.17, 15) is 4.79 Å². The molecule has 2 atom stereocenters. The molecule has 1 heterocycles. The van der Waals surface area contributed by atoms with Gasteiger partial charge in [0, 0.05) is 12.6 Å². The molecular weight excluding hydrogens is 240 g/mol. The maximum Gasteiger partial charge on any atom is 0.410 e. The fourth-order valence-corrected chi connectivity index (χ4v) is 2.82. The van der Waals surface area contributed by atoms with Crippen molar-refractivity contribution in [1.82, 2.24) is 4.90 Å². The largest absolute Gasteiger partial charge is 0.444 e. The Kier molecular flexibility index (Phi) is 5.65. The SMILES string of the molecule is CC(C)CC1C(CCN)CCN1C(=O)OC(C)(C)C. The number of hydrogen-bond acceptors (Lipinski definition) is 3. The molecule has 0 aromatic heterocycles. The molecule has 1 aliphatic heterocycles. The quantitative estimate of drug-likeness (QED) is 0.854. The topological polar surface area (TPSA) is 55.6 Å². The van der Waals surface area contributed by atoms with Crippen LogP contribution in [0.2, 0.25) is 0 Å². The predicted octanol–water partition coefficient (Wildman–Crippen LogP) is 3.01. The lowest BCUT2D eigenvalue weighted by molar-refractivity contribution is 0.0188. The van der Waals surface area contributed by atoms with Crippen LogP contribution in [0, 0.1) is 11.8 Å². The number of likely N-dealkylation sites (tertiary alicyclic amines) is 1. The molecule has 19 heavy (non-hydrogen) atoms. The van der Waals surface area contributed by atoms with Crippen molar-refractivity contribution in [1.29, 1.82) is 0 Å².